The highest BCUT2D eigenvalue weighted by Gasteiger charge is 2.33. The number of nitrogens with zero attached hydrogens (tertiary/aromatic N) is 3. The molecule has 1 N–H and O–H groups in total. The lowest BCUT2D eigenvalue weighted by atomic mass is 10.2. The number of hydrogen-bond acceptors (Lipinski definition) is 6. The van der Waals surface area contributed by atoms with E-state index in [1.165, 1.54) is 12.1 Å². The number of pyridine rings is 1. The lowest BCUT2D eigenvalue weighted by molar-refractivity contribution is -0.389. The van der Waals surface area contributed by atoms with E-state index in [1.807, 2.05) is 6.92 Å². The van der Waals surface area contributed by atoms with Crippen LogP contribution in [0, 0.1) is 17.0 Å². The third kappa shape index (κ3) is 3.57. The van der Waals surface area contributed by atoms with Crippen LogP contribution in [0.4, 0.5) is 17.3 Å². The van der Waals surface area contributed by atoms with Crippen molar-refractivity contribution < 1.29 is 19.2 Å². The van der Waals surface area contributed by atoms with Gasteiger partial charge in [-0.15, -0.1) is 0 Å². The third-order valence-electron chi connectivity index (χ3n) is 3.68. The highest BCUT2D eigenvalue weighted by molar-refractivity contribution is 6.31. The summed E-state index contributed by atoms with van der Waals surface area (Å²) in [7, 11) is 0. The molecule has 134 valence electrons. The molecule has 1 aliphatic heterocycles. The molecule has 0 saturated heterocycles. The molecule has 2 aromatic rings. The van der Waals surface area contributed by atoms with Gasteiger partial charge in [-0.05, 0) is 40.6 Å². The Morgan fingerprint density at radius 3 is 2.88 bits per heavy atom. The molecule has 3 rings (SSSR count). The zero-order chi connectivity index (χ0) is 18.8. The number of amides is 2. The number of aromatic nitrogens is 1. The summed E-state index contributed by atoms with van der Waals surface area (Å²) in [6.45, 7) is 1.18. The predicted octanol–water partition coefficient (Wildman–Crippen LogP) is 2.32. The zero-order valence-electron chi connectivity index (χ0n) is 13.6. The quantitative estimate of drug-likeness (QED) is 0.646. The van der Waals surface area contributed by atoms with Gasteiger partial charge in [-0.1, -0.05) is 17.7 Å². The molecule has 1 aromatic carbocycles. The fourth-order valence-corrected chi connectivity index (χ4v) is 2.53. The SMILES string of the molecule is Cc1ccc(NC(=O)CN2C(=O)COc3ccc([N+](=O)[O-])nc32)cc1Cl. The summed E-state index contributed by atoms with van der Waals surface area (Å²) in [5.74, 6) is -1.34. The number of benzene rings is 1. The maximum absolute atomic E-state index is 12.3. The number of halogens is 1. The number of carbonyl (C=O) groups excluding carboxylic acids is 2. The van der Waals surface area contributed by atoms with Crippen molar-refractivity contribution in [1.82, 2.24) is 4.98 Å². The molecular weight excluding hydrogens is 364 g/mol. The Hall–Kier alpha value is -3.20. The molecule has 0 atom stereocenters. The molecule has 0 bridgehead atoms. The highest BCUT2D eigenvalue weighted by atomic mass is 35.5. The van der Waals surface area contributed by atoms with Crippen molar-refractivity contribution >= 4 is 40.7 Å². The van der Waals surface area contributed by atoms with Gasteiger partial charge < -0.3 is 20.2 Å². The van der Waals surface area contributed by atoms with Crippen molar-refractivity contribution in [3.8, 4) is 5.75 Å². The first kappa shape index (κ1) is 17.6. The summed E-state index contributed by atoms with van der Waals surface area (Å²) in [5, 5.41) is 14.0. The van der Waals surface area contributed by atoms with Crippen molar-refractivity contribution in [3.63, 3.8) is 0 Å². The molecule has 26 heavy (non-hydrogen) atoms. The van der Waals surface area contributed by atoms with Crippen LogP contribution in [-0.4, -0.2) is 34.9 Å². The summed E-state index contributed by atoms with van der Waals surface area (Å²) >= 11 is 6.02. The number of ether oxygens (including phenoxy) is 1. The molecule has 0 saturated carbocycles. The molecule has 2 amide bonds. The van der Waals surface area contributed by atoms with E-state index in [2.05, 4.69) is 10.3 Å². The van der Waals surface area contributed by atoms with Crippen molar-refractivity contribution in [2.24, 2.45) is 0 Å². The van der Waals surface area contributed by atoms with Gasteiger partial charge in [0.05, 0.1) is 0 Å². The van der Waals surface area contributed by atoms with Crippen LogP contribution < -0.4 is 15.0 Å². The summed E-state index contributed by atoms with van der Waals surface area (Å²) in [6.07, 6.45) is 0. The van der Waals surface area contributed by atoms with Crippen molar-refractivity contribution in [2.45, 2.75) is 6.92 Å². The molecule has 9 nitrogen and oxygen atoms in total. The normalized spacial score (nSPS) is 13.0. The van der Waals surface area contributed by atoms with Gasteiger partial charge in [-0.25, -0.2) is 0 Å². The standard InChI is InChI=1S/C16H13ClN4O5/c1-9-2-3-10(6-11(9)17)18-14(22)7-20-15(23)8-26-12-4-5-13(21(24)25)19-16(12)20/h2-6H,7-8H2,1H3,(H,18,22). The second-order valence-electron chi connectivity index (χ2n) is 5.53. The minimum atomic E-state index is -0.689. The number of fused-ring (bicyclic) bond motifs is 1. The molecule has 0 radical (unpaired) electrons. The van der Waals surface area contributed by atoms with Crippen LogP contribution in [0.5, 0.6) is 5.75 Å². The highest BCUT2D eigenvalue weighted by Crippen LogP contribution is 2.31. The van der Waals surface area contributed by atoms with E-state index in [0.29, 0.717) is 10.7 Å². The van der Waals surface area contributed by atoms with Crippen LogP contribution in [0.3, 0.4) is 0 Å². The van der Waals surface area contributed by atoms with E-state index in [-0.39, 0.29) is 24.7 Å². The second-order valence-corrected chi connectivity index (χ2v) is 5.94. The van der Waals surface area contributed by atoms with Gasteiger partial charge in [0.1, 0.15) is 6.54 Å². The Kier molecular flexibility index (Phi) is 4.72. The maximum atomic E-state index is 12.3. The summed E-state index contributed by atoms with van der Waals surface area (Å²) in [5.41, 5.74) is 1.33. The molecule has 1 aliphatic rings. The van der Waals surface area contributed by atoms with E-state index in [4.69, 9.17) is 16.3 Å². The van der Waals surface area contributed by atoms with E-state index < -0.39 is 22.6 Å². The number of anilines is 2. The minimum absolute atomic E-state index is 0.0625. The fraction of sp³-hybridized carbons (Fsp3) is 0.188. The van der Waals surface area contributed by atoms with Crippen molar-refractivity contribution in [1.29, 1.82) is 0 Å². The van der Waals surface area contributed by atoms with Gasteiger partial charge in [0, 0.05) is 16.8 Å². The third-order valence-corrected chi connectivity index (χ3v) is 4.08. The fourth-order valence-electron chi connectivity index (χ4n) is 2.35. The summed E-state index contributed by atoms with van der Waals surface area (Å²) < 4.78 is 5.20. The Morgan fingerprint density at radius 2 is 2.19 bits per heavy atom. The van der Waals surface area contributed by atoms with Crippen molar-refractivity contribution in [2.75, 3.05) is 23.4 Å². The maximum Gasteiger partial charge on any atom is 0.366 e. The molecule has 2 heterocycles. The Labute approximate surface area is 152 Å². The average Bonchev–Trinajstić information content (AvgIpc) is 2.60. The number of carbonyl (C=O) groups is 2. The first-order chi connectivity index (χ1) is 12.3. The van der Waals surface area contributed by atoms with E-state index in [0.717, 1.165) is 10.5 Å². The van der Waals surface area contributed by atoms with Gasteiger partial charge >= 0.3 is 5.82 Å². The van der Waals surface area contributed by atoms with Gasteiger partial charge in [-0.3, -0.25) is 14.5 Å². The van der Waals surface area contributed by atoms with Crippen LogP contribution in [0.15, 0.2) is 30.3 Å². The Bertz CT molecular complexity index is 918. The second kappa shape index (κ2) is 6.96. The first-order valence-corrected chi connectivity index (χ1v) is 7.87. The Morgan fingerprint density at radius 1 is 1.42 bits per heavy atom. The molecule has 0 spiro atoms. The first-order valence-electron chi connectivity index (χ1n) is 7.50. The number of rotatable bonds is 4. The minimum Gasteiger partial charge on any atom is -0.477 e. The van der Waals surface area contributed by atoms with E-state index >= 15 is 0 Å². The van der Waals surface area contributed by atoms with Gasteiger partial charge in [0.2, 0.25) is 5.91 Å². The average molecular weight is 377 g/mol. The zero-order valence-corrected chi connectivity index (χ0v) is 14.3. The lowest BCUT2D eigenvalue weighted by Crippen LogP contribution is -2.44. The number of hydrogen-bond donors (Lipinski definition) is 1. The Balaban J connectivity index is 1.81. The molecule has 0 aliphatic carbocycles. The number of nitro groups is 1. The van der Waals surface area contributed by atoms with Gasteiger partial charge in [0.15, 0.2) is 12.4 Å². The van der Waals surface area contributed by atoms with Crippen LogP contribution in [-0.2, 0) is 9.59 Å². The molecule has 0 unspecified atom stereocenters. The predicted molar refractivity (Wildman–Crippen MR) is 93.6 cm³/mol. The van der Waals surface area contributed by atoms with Crippen LogP contribution >= 0.6 is 11.6 Å². The topological polar surface area (TPSA) is 115 Å². The molecule has 10 heteroatoms. The van der Waals surface area contributed by atoms with Crippen LogP contribution in [0.2, 0.25) is 5.02 Å². The van der Waals surface area contributed by atoms with Crippen LogP contribution in [0.1, 0.15) is 5.56 Å². The van der Waals surface area contributed by atoms with Gasteiger partial charge in [0.25, 0.3) is 11.7 Å². The monoisotopic (exact) mass is 376 g/mol. The smallest absolute Gasteiger partial charge is 0.366 e. The largest absolute Gasteiger partial charge is 0.477 e. The summed E-state index contributed by atoms with van der Waals surface area (Å²) in [6, 6.07) is 7.53. The molecular formula is C16H13ClN4O5. The van der Waals surface area contributed by atoms with E-state index in [1.54, 1.807) is 18.2 Å². The van der Waals surface area contributed by atoms with E-state index in [9.17, 15) is 19.7 Å². The summed E-state index contributed by atoms with van der Waals surface area (Å²) in [4.78, 5) is 39.5. The molecule has 0 fully saturated rings. The van der Waals surface area contributed by atoms with Crippen LogP contribution in [0.25, 0.3) is 0 Å². The number of nitrogens with one attached hydrogen (secondary N) is 1. The van der Waals surface area contributed by atoms with Gasteiger partial charge in [-0.2, -0.15) is 0 Å². The number of aryl methyl sites for hydroxylation is 1. The lowest BCUT2D eigenvalue weighted by Gasteiger charge is -2.24. The van der Waals surface area contributed by atoms with Crippen molar-refractivity contribution in [3.05, 3.63) is 51.0 Å². The molecule has 1 aromatic heterocycles.